The van der Waals surface area contributed by atoms with Gasteiger partial charge < -0.3 is 5.11 Å². The normalized spacial score (nSPS) is 12.4. The molecule has 0 aliphatic rings. The zero-order chi connectivity index (χ0) is 13.8. The van der Waals surface area contributed by atoms with Crippen molar-refractivity contribution < 1.29 is 18.3 Å². The van der Waals surface area contributed by atoms with Crippen LogP contribution in [0.5, 0.6) is 0 Å². The average molecular weight is 266 g/mol. The van der Waals surface area contributed by atoms with E-state index >= 15 is 0 Å². The summed E-state index contributed by atoms with van der Waals surface area (Å²) in [6.07, 6.45) is 0.0284. The fourth-order valence-corrected chi connectivity index (χ4v) is 2.00. The van der Waals surface area contributed by atoms with Crippen molar-refractivity contribution in [3.63, 3.8) is 0 Å². The summed E-state index contributed by atoms with van der Waals surface area (Å²) in [5.74, 6) is -2.13. The van der Waals surface area contributed by atoms with Gasteiger partial charge in [-0.3, -0.25) is 0 Å². The van der Waals surface area contributed by atoms with E-state index in [4.69, 9.17) is 0 Å². The fourth-order valence-electron chi connectivity index (χ4n) is 2.00. The average Bonchev–Trinajstić information content (AvgIpc) is 2.40. The van der Waals surface area contributed by atoms with Crippen LogP contribution in [0, 0.1) is 17.5 Å². The largest absolute Gasteiger partial charge is 0.396 e. The zero-order valence-electron chi connectivity index (χ0n) is 10.1. The van der Waals surface area contributed by atoms with Gasteiger partial charge in [-0.1, -0.05) is 18.2 Å². The Morgan fingerprint density at radius 2 is 1.47 bits per heavy atom. The van der Waals surface area contributed by atoms with Gasteiger partial charge in [-0.05, 0) is 36.2 Å². The topological polar surface area (TPSA) is 20.2 Å². The number of aliphatic hydroxyl groups is 1. The van der Waals surface area contributed by atoms with Gasteiger partial charge in [0, 0.05) is 11.5 Å². The Balaban J connectivity index is 2.26. The van der Waals surface area contributed by atoms with Crippen molar-refractivity contribution in [2.75, 3.05) is 6.61 Å². The van der Waals surface area contributed by atoms with E-state index in [9.17, 15) is 18.3 Å². The molecule has 0 saturated heterocycles. The fraction of sp³-hybridized carbons (Fsp3) is 0.200. The van der Waals surface area contributed by atoms with E-state index in [1.54, 1.807) is 0 Å². The summed E-state index contributed by atoms with van der Waals surface area (Å²) < 4.78 is 39.9. The first-order valence-electron chi connectivity index (χ1n) is 5.91. The van der Waals surface area contributed by atoms with E-state index in [1.807, 2.05) is 0 Å². The predicted octanol–water partition coefficient (Wildman–Crippen LogP) is 3.42. The van der Waals surface area contributed by atoms with Crippen LogP contribution in [0.2, 0.25) is 0 Å². The molecule has 4 heteroatoms. The summed E-state index contributed by atoms with van der Waals surface area (Å²) in [6.45, 7) is -0.264. The minimum atomic E-state index is -0.638. The van der Waals surface area contributed by atoms with Crippen LogP contribution < -0.4 is 0 Å². The van der Waals surface area contributed by atoms with Crippen molar-refractivity contribution in [3.05, 3.63) is 71.0 Å². The Morgan fingerprint density at radius 1 is 0.895 bits per heavy atom. The highest BCUT2D eigenvalue weighted by Crippen LogP contribution is 2.24. The molecule has 0 saturated carbocycles. The first-order chi connectivity index (χ1) is 9.11. The van der Waals surface area contributed by atoms with Gasteiger partial charge in [0.15, 0.2) is 0 Å². The molecule has 1 atom stereocenters. The monoisotopic (exact) mass is 266 g/mol. The quantitative estimate of drug-likeness (QED) is 0.899. The number of halogens is 3. The molecule has 0 aromatic heterocycles. The van der Waals surface area contributed by atoms with Crippen LogP contribution in [0.15, 0.2) is 42.5 Å². The molecule has 2 rings (SSSR count). The maximum atomic E-state index is 13.5. The third-order valence-electron chi connectivity index (χ3n) is 3.07. The van der Waals surface area contributed by atoms with Gasteiger partial charge in [-0.2, -0.15) is 0 Å². The lowest BCUT2D eigenvalue weighted by atomic mass is 9.92. The molecule has 0 spiro atoms. The van der Waals surface area contributed by atoms with Gasteiger partial charge in [-0.25, -0.2) is 13.2 Å². The van der Waals surface area contributed by atoms with Crippen LogP contribution in [0.4, 0.5) is 13.2 Å². The van der Waals surface area contributed by atoms with Gasteiger partial charge >= 0.3 is 0 Å². The van der Waals surface area contributed by atoms with Gasteiger partial charge in [0.05, 0.1) is 6.61 Å². The Morgan fingerprint density at radius 3 is 2.00 bits per heavy atom. The maximum Gasteiger partial charge on any atom is 0.129 e. The molecule has 0 amide bonds. The molecule has 2 aromatic rings. The molecule has 0 radical (unpaired) electrons. The van der Waals surface area contributed by atoms with Crippen LogP contribution in [0.25, 0.3) is 0 Å². The van der Waals surface area contributed by atoms with Crippen molar-refractivity contribution in [2.24, 2.45) is 0 Å². The Kier molecular flexibility index (Phi) is 4.22. The molecule has 1 N–H and O–H groups in total. The van der Waals surface area contributed by atoms with E-state index in [0.29, 0.717) is 5.56 Å². The van der Waals surface area contributed by atoms with Gasteiger partial charge in [0.2, 0.25) is 0 Å². The third kappa shape index (κ3) is 3.15. The van der Waals surface area contributed by atoms with Gasteiger partial charge in [0.1, 0.15) is 17.5 Å². The SMILES string of the molecule is OCC(Cc1c(F)cccc1F)c1ccc(F)cc1. The minimum absolute atomic E-state index is 0.0284. The highest BCUT2D eigenvalue weighted by molar-refractivity contribution is 5.26. The van der Waals surface area contributed by atoms with E-state index < -0.39 is 23.4 Å². The number of benzene rings is 2. The number of hydrogen-bond acceptors (Lipinski definition) is 1. The molecule has 0 aliphatic carbocycles. The minimum Gasteiger partial charge on any atom is -0.396 e. The lowest BCUT2D eigenvalue weighted by Crippen LogP contribution is -2.10. The van der Waals surface area contributed by atoms with E-state index in [2.05, 4.69) is 0 Å². The van der Waals surface area contributed by atoms with Gasteiger partial charge in [0.25, 0.3) is 0 Å². The number of hydrogen-bond donors (Lipinski definition) is 1. The smallest absolute Gasteiger partial charge is 0.129 e. The second-order valence-electron chi connectivity index (χ2n) is 4.34. The molecule has 2 aromatic carbocycles. The molecular formula is C15H13F3O. The Bertz CT molecular complexity index is 532. The van der Waals surface area contributed by atoms with E-state index in [-0.39, 0.29) is 18.6 Å². The lowest BCUT2D eigenvalue weighted by Gasteiger charge is -2.15. The van der Waals surface area contributed by atoms with Crippen LogP contribution in [-0.2, 0) is 6.42 Å². The molecule has 19 heavy (non-hydrogen) atoms. The summed E-state index contributed by atoms with van der Waals surface area (Å²) in [5, 5.41) is 9.35. The lowest BCUT2D eigenvalue weighted by molar-refractivity contribution is 0.262. The van der Waals surface area contributed by atoms with Gasteiger partial charge in [-0.15, -0.1) is 0 Å². The molecular weight excluding hydrogens is 253 g/mol. The van der Waals surface area contributed by atoms with Crippen LogP contribution >= 0.6 is 0 Å². The zero-order valence-corrected chi connectivity index (χ0v) is 10.1. The second kappa shape index (κ2) is 5.89. The Hall–Kier alpha value is -1.81. The second-order valence-corrected chi connectivity index (χ2v) is 4.34. The number of aliphatic hydroxyl groups excluding tert-OH is 1. The summed E-state index contributed by atoms with van der Waals surface area (Å²) >= 11 is 0. The molecule has 1 nitrogen and oxygen atoms in total. The first kappa shape index (κ1) is 13.6. The van der Waals surface area contributed by atoms with Crippen molar-refractivity contribution in [3.8, 4) is 0 Å². The summed E-state index contributed by atoms with van der Waals surface area (Å²) in [6, 6.07) is 9.18. The molecule has 0 fully saturated rings. The molecule has 0 heterocycles. The van der Waals surface area contributed by atoms with Crippen molar-refractivity contribution in [1.29, 1.82) is 0 Å². The first-order valence-corrected chi connectivity index (χ1v) is 5.91. The third-order valence-corrected chi connectivity index (χ3v) is 3.07. The molecule has 0 bridgehead atoms. The predicted molar refractivity (Wildman–Crippen MR) is 66.3 cm³/mol. The number of rotatable bonds is 4. The van der Waals surface area contributed by atoms with Crippen LogP contribution in [0.1, 0.15) is 17.0 Å². The molecule has 100 valence electrons. The summed E-state index contributed by atoms with van der Waals surface area (Å²) in [4.78, 5) is 0. The van der Waals surface area contributed by atoms with E-state index in [1.165, 1.54) is 42.5 Å². The Labute approximate surface area is 109 Å². The maximum absolute atomic E-state index is 13.5. The summed E-state index contributed by atoms with van der Waals surface area (Å²) in [7, 11) is 0. The van der Waals surface area contributed by atoms with Crippen molar-refractivity contribution in [2.45, 2.75) is 12.3 Å². The van der Waals surface area contributed by atoms with Crippen molar-refractivity contribution in [1.82, 2.24) is 0 Å². The standard InChI is InChI=1S/C15H13F3O/c16-12-6-4-10(5-7-12)11(9-19)8-13-14(17)2-1-3-15(13)18/h1-7,11,19H,8-9H2. The molecule has 1 unspecified atom stereocenters. The highest BCUT2D eigenvalue weighted by Gasteiger charge is 2.17. The van der Waals surface area contributed by atoms with Crippen molar-refractivity contribution >= 4 is 0 Å². The van der Waals surface area contributed by atoms with Crippen LogP contribution in [-0.4, -0.2) is 11.7 Å². The molecule has 0 aliphatic heterocycles. The van der Waals surface area contributed by atoms with Crippen LogP contribution in [0.3, 0.4) is 0 Å². The van der Waals surface area contributed by atoms with E-state index in [0.717, 1.165) is 0 Å². The summed E-state index contributed by atoms with van der Waals surface area (Å²) in [5.41, 5.74) is 0.581. The highest BCUT2D eigenvalue weighted by atomic mass is 19.1.